The van der Waals surface area contributed by atoms with E-state index in [2.05, 4.69) is 21.0 Å². The number of carbonyl (C=O) groups excluding carboxylic acids is 3. The molecule has 8 heteroatoms. The standard InChI is InChI=1S/C21H18BrN3O4/c1-3-29-21(28)17-16-18(25(23-17)15-10-6-13(22)7-11-15)20(27)24(19(16)26)14-8-4-12(2)5-9-14/h4-11,16,18H,3H2,1-2H3/t16-,18-/m1/s1. The Morgan fingerprint density at radius 1 is 1.03 bits per heavy atom. The summed E-state index contributed by atoms with van der Waals surface area (Å²) in [5, 5.41) is 5.77. The van der Waals surface area contributed by atoms with Gasteiger partial charge < -0.3 is 4.74 Å². The number of amides is 2. The van der Waals surface area contributed by atoms with Crippen molar-refractivity contribution in [2.24, 2.45) is 11.0 Å². The largest absolute Gasteiger partial charge is 0.461 e. The Bertz CT molecular complexity index is 1020. The molecule has 0 aliphatic carbocycles. The summed E-state index contributed by atoms with van der Waals surface area (Å²) in [5.74, 6) is -2.59. The van der Waals surface area contributed by atoms with Crippen molar-refractivity contribution in [1.29, 1.82) is 0 Å². The second kappa shape index (κ2) is 7.44. The second-order valence-electron chi connectivity index (χ2n) is 6.80. The summed E-state index contributed by atoms with van der Waals surface area (Å²) in [4.78, 5) is 40.1. The number of fused-ring (bicyclic) bond motifs is 1. The van der Waals surface area contributed by atoms with Crippen LogP contribution in [0.1, 0.15) is 12.5 Å². The van der Waals surface area contributed by atoms with Crippen LogP contribution in [-0.2, 0) is 19.1 Å². The number of carbonyl (C=O) groups is 3. The average molecular weight is 456 g/mol. The highest BCUT2D eigenvalue weighted by Gasteiger charge is 2.59. The molecule has 2 aliphatic heterocycles. The summed E-state index contributed by atoms with van der Waals surface area (Å²) in [7, 11) is 0. The van der Waals surface area contributed by atoms with E-state index in [1.165, 1.54) is 5.01 Å². The van der Waals surface area contributed by atoms with E-state index in [0.29, 0.717) is 11.4 Å². The lowest BCUT2D eigenvalue weighted by atomic mass is 9.98. The van der Waals surface area contributed by atoms with Crippen molar-refractivity contribution in [3.05, 3.63) is 58.6 Å². The van der Waals surface area contributed by atoms with E-state index in [4.69, 9.17) is 4.74 Å². The number of ether oxygens (including phenoxy) is 1. The molecule has 7 nitrogen and oxygen atoms in total. The van der Waals surface area contributed by atoms with Crippen molar-refractivity contribution < 1.29 is 19.1 Å². The molecule has 2 heterocycles. The van der Waals surface area contributed by atoms with Crippen LogP contribution in [0.25, 0.3) is 0 Å². The maximum atomic E-state index is 13.3. The molecule has 2 aromatic carbocycles. The van der Waals surface area contributed by atoms with Gasteiger partial charge in [-0.15, -0.1) is 0 Å². The molecular formula is C21H18BrN3O4. The average Bonchev–Trinajstić information content (AvgIpc) is 3.21. The lowest BCUT2D eigenvalue weighted by Gasteiger charge is -2.22. The zero-order chi connectivity index (χ0) is 20.7. The number of hydrogen-bond donors (Lipinski definition) is 0. The molecule has 0 N–H and O–H groups in total. The Balaban J connectivity index is 1.78. The lowest BCUT2D eigenvalue weighted by molar-refractivity contribution is -0.136. The van der Waals surface area contributed by atoms with Gasteiger partial charge in [-0.3, -0.25) is 14.6 Å². The van der Waals surface area contributed by atoms with E-state index in [0.717, 1.165) is 14.9 Å². The molecule has 1 fully saturated rings. The van der Waals surface area contributed by atoms with Crippen molar-refractivity contribution in [1.82, 2.24) is 0 Å². The molecule has 2 aliphatic rings. The predicted octanol–water partition coefficient (Wildman–Crippen LogP) is 3.05. The van der Waals surface area contributed by atoms with Crippen LogP contribution in [0.5, 0.6) is 0 Å². The Labute approximate surface area is 176 Å². The van der Waals surface area contributed by atoms with Crippen LogP contribution in [0, 0.1) is 12.8 Å². The van der Waals surface area contributed by atoms with E-state index in [9.17, 15) is 14.4 Å². The first-order valence-corrected chi connectivity index (χ1v) is 9.96. The Kier molecular flexibility index (Phi) is 4.96. The van der Waals surface area contributed by atoms with Gasteiger partial charge in [-0.2, -0.15) is 5.10 Å². The van der Waals surface area contributed by atoms with Gasteiger partial charge in [0.25, 0.3) is 5.91 Å². The number of esters is 1. The van der Waals surface area contributed by atoms with Crippen LogP contribution < -0.4 is 9.91 Å². The minimum atomic E-state index is -1.01. The molecule has 2 amide bonds. The zero-order valence-corrected chi connectivity index (χ0v) is 17.4. The van der Waals surface area contributed by atoms with Crippen molar-refractivity contribution in [2.75, 3.05) is 16.5 Å². The summed E-state index contributed by atoms with van der Waals surface area (Å²) in [6.45, 7) is 3.75. The minimum absolute atomic E-state index is 0.0484. The van der Waals surface area contributed by atoms with Crippen LogP contribution in [0.15, 0.2) is 58.1 Å². The van der Waals surface area contributed by atoms with Gasteiger partial charge in [0.15, 0.2) is 5.71 Å². The summed E-state index contributed by atoms with van der Waals surface area (Å²) in [5.41, 5.74) is 2.04. The van der Waals surface area contributed by atoms with Gasteiger partial charge in [0.2, 0.25) is 5.91 Å². The first-order chi connectivity index (χ1) is 13.9. The maximum absolute atomic E-state index is 13.3. The fourth-order valence-corrected chi connectivity index (χ4v) is 3.81. The topological polar surface area (TPSA) is 79.3 Å². The van der Waals surface area contributed by atoms with Gasteiger partial charge in [-0.25, -0.2) is 9.69 Å². The first-order valence-electron chi connectivity index (χ1n) is 9.17. The second-order valence-corrected chi connectivity index (χ2v) is 7.71. The van der Waals surface area contributed by atoms with Gasteiger partial charge in [-0.1, -0.05) is 33.6 Å². The molecule has 0 radical (unpaired) electrons. The van der Waals surface area contributed by atoms with E-state index >= 15 is 0 Å². The highest BCUT2D eigenvalue weighted by Crippen LogP contribution is 2.38. The molecular weight excluding hydrogens is 438 g/mol. The number of anilines is 2. The number of nitrogens with zero attached hydrogens (tertiary/aromatic N) is 3. The molecule has 148 valence electrons. The SMILES string of the molecule is CCOC(=O)C1=NN(c2ccc(Br)cc2)[C@H]2C(=O)N(c3ccc(C)cc3)C(=O)[C@H]12. The molecule has 0 spiro atoms. The number of imide groups is 1. The molecule has 2 atom stereocenters. The van der Waals surface area contributed by atoms with Gasteiger partial charge >= 0.3 is 5.97 Å². The van der Waals surface area contributed by atoms with Crippen LogP contribution in [0.4, 0.5) is 11.4 Å². The van der Waals surface area contributed by atoms with Crippen molar-refractivity contribution in [2.45, 2.75) is 19.9 Å². The number of hydrogen-bond acceptors (Lipinski definition) is 6. The Morgan fingerprint density at radius 2 is 1.66 bits per heavy atom. The number of benzene rings is 2. The molecule has 0 unspecified atom stereocenters. The van der Waals surface area contributed by atoms with Crippen molar-refractivity contribution >= 4 is 50.8 Å². The van der Waals surface area contributed by atoms with Gasteiger partial charge in [0, 0.05) is 4.47 Å². The third kappa shape index (κ3) is 3.23. The number of halogens is 1. The molecule has 0 saturated carbocycles. The number of hydrazone groups is 1. The molecule has 29 heavy (non-hydrogen) atoms. The first kappa shape index (κ1) is 19.3. The van der Waals surface area contributed by atoms with Gasteiger partial charge in [0.05, 0.1) is 18.0 Å². The Hall–Kier alpha value is -3.00. The van der Waals surface area contributed by atoms with E-state index in [1.54, 1.807) is 43.3 Å². The predicted molar refractivity (Wildman–Crippen MR) is 112 cm³/mol. The Morgan fingerprint density at radius 3 is 2.28 bits per heavy atom. The van der Waals surface area contributed by atoms with E-state index < -0.39 is 29.7 Å². The van der Waals surface area contributed by atoms with Gasteiger partial charge in [0.1, 0.15) is 12.0 Å². The fraction of sp³-hybridized carbons (Fsp3) is 0.238. The normalized spacial score (nSPS) is 20.7. The summed E-state index contributed by atoms with van der Waals surface area (Å²) in [6.07, 6.45) is 0. The van der Waals surface area contributed by atoms with Crippen LogP contribution in [-0.4, -0.2) is 36.1 Å². The summed E-state index contributed by atoms with van der Waals surface area (Å²) < 4.78 is 5.95. The van der Waals surface area contributed by atoms with E-state index in [1.807, 2.05) is 19.1 Å². The molecule has 0 bridgehead atoms. The fourth-order valence-electron chi connectivity index (χ4n) is 3.54. The summed E-state index contributed by atoms with van der Waals surface area (Å²) in [6, 6.07) is 13.3. The smallest absolute Gasteiger partial charge is 0.355 e. The van der Waals surface area contributed by atoms with E-state index in [-0.39, 0.29) is 12.3 Å². The third-order valence-electron chi connectivity index (χ3n) is 4.92. The monoisotopic (exact) mass is 455 g/mol. The van der Waals surface area contributed by atoms with Crippen molar-refractivity contribution in [3.63, 3.8) is 0 Å². The van der Waals surface area contributed by atoms with Crippen molar-refractivity contribution in [3.8, 4) is 0 Å². The minimum Gasteiger partial charge on any atom is -0.461 e. The van der Waals surface area contributed by atoms with Crippen LogP contribution in [0.3, 0.4) is 0 Å². The van der Waals surface area contributed by atoms with Gasteiger partial charge in [-0.05, 0) is 50.2 Å². The quantitative estimate of drug-likeness (QED) is 0.522. The number of rotatable bonds is 4. The summed E-state index contributed by atoms with van der Waals surface area (Å²) >= 11 is 3.38. The molecule has 1 saturated heterocycles. The lowest BCUT2D eigenvalue weighted by Crippen LogP contribution is -2.39. The highest BCUT2D eigenvalue weighted by molar-refractivity contribution is 9.10. The zero-order valence-electron chi connectivity index (χ0n) is 15.8. The number of aryl methyl sites for hydroxylation is 1. The highest BCUT2D eigenvalue weighted by atomic mass is 79.9. The maximum Gasteiger partial charge on any atom is 0.355 e. The molecule has 4 rings (SSSR count). The molecule has 0 aromatic heterocycles. The van der Waals surface area contributed by atoms with Crippen LogP contribution in [0.2, 0.25) is 0 Å². The third-order valence-corrected chi connectivity index (χ3v) is 5.45. The molecule has 2 aromatic rings. The van der Waals surface area contributed by atoms with Crippen LogP contribution >= 0.6 is 15.9 Å².